The highest BCUT2D eigenvalue weighted by Gasteiger charge is 1.89. The van der Waals surface area contributed by atoms with E-state index < -0.39 is 0 Å². The molecule has 12 heavy (non-hydrogen) atoms. The molecule has 0 atom stereocenters. The molecule has 0 aliphatic carbocycles. The van der Waals surface area contributed by atoms with Crippen molar-refractivity contribution in [2.24, 2.45) is 4.99 Å². The second-order valence-corrected chi connectivity index (χ2v) is 2.39. The average molecular weight is 161 g/mol. The van der Waals surface area contributed by atoms with Gasteiger partial charge in [-0.15, -0.1) is 0 Å². The van der Waals surface area contributed by atoms with E-state index in [0.29, 0.717) is 0 Å². The fourth-order valence-corrected chi connectivity index (χ4v) is 0.628. The Bertz CT molecular complexity index is 242. The molecule has 0 rings (SSSR count). The van der Waals surface area contributed by atoms with Gasteiger partial charge in [0, 0.05) is 12.4 Å². The van der Waals surface area contributed by atoms with Gasteiger partial charge in [-0.3, -0.25) is 4.99 Å². The fraction of sp³-hybridized carbons (Fsp3) is 0.182. The zero-order chi connectivity index (χ0) is 9.40. The van der Waals surface area contributed by atoms with Crippen molar-refractivity contribution in [1.82, 2.24) is 0 Å². The fourth-order valence-electron chi connectivity index (χ4n) is 0.628. The molecule has 0 aromatic rings. The van der Waals surface area contributed by atoms with Crippen molar-refractivity contribution in [2.75, 3.05) is 0 Å². The lowest BCUT2D eigenvalue weighted by Gasteiger charge is -1.95. The summed E-state index contributed by atoms with van der Waals surface area (Å²) in [6, 6.07) is 0. The van der Waals surface area contributed by atoms with E-state index in [-0.39, 0.29) is 0 Å². The lowest BCUT2D eigenvalue weighted by Crippen LogP contribution is -1.84. The monoisotopic (exact) mass is 161 g/mol. The molecule has 0 radical (unpaired) electrons. The first-order valence-corrected chi connectivity index (χ1v) is 3.85. The summed E-state index contributed by atoms with van der Waals surface area (Å²) in [6.45, 7) is 11.3. The molecule has 0 saturated heterocycles. The zero-order valence-corrected chi connectivity index (χ0v) is 7.75. The first-order valence-electron chi connectivity index (χ1n) is 3.85. The summed E-state index contributed by atoms with van der Waals surface area (Å²) in [6.07, 6.45) is 9.14. The van der Waals surface area contributed by atoms with Gasteiger partial charge in [-0.2, -0.15) is 0 Å². The Kier molecular flexibility index (Phi) is 5.62. The maximum Gasteiger partial charge on any atom is 0.0342 e. The van der Waals surface area contributed by atoms with Crippen molar-refractivity contribution in [3.8, 4) is 0 Å². The minimum absolute atomic E-state index is 0.999. The Labute approximate surface area is 74.5 Å². The van der Waals surface area contributed by atoms with Gasteiger partial charge in [-0.1, -0.05) is 31.4 Å². The topological polar surface area (TPSA) is 12.4 Å². The van der Waals surface area contributed by atoms with Gasteiger partial charge in [0.05, 0.1) is 0 Å². The van der Waals surface area contributed by atoms with Crippen LogP contribution in [-0.4, -0.2) is 6.21 Å². The number of hydrogen-bond acceptors (Lipinski definition) is 1. The van der Waals surface area contributed by atoms with E-state index in [1.165, 1.54) is 6.20 Å². The number of allylic oxidation sites excluding steroid dienone is 5. The summed E-state index contributed by atoms with van der Waals surface area (Å²) >= 11 is 0. The van der Waals surface area contributed by atoms with Crippen LogP contribution < -0.4 is 0 Å². The Hall–Kier alpha value is -1.37. The van der Waals surface area contributed by atoms with E-state index in [9.17, 15) is 0 Å². The number of hydrogen-bond donors (Lipinski definition) is 0. The summed E-state index contributed by atoms with van der Waals surface area (Å²) in [5.74, 6) is 0. The zero-order valence-electron chi connectivity index (χ0n) is 7.75. The second-order valence-electron chi connectivity index (χ2n) is 2.39. The number of aliphatic imine (C=N–C) groups is 1. The lowest BCUT2D eigenvalue weighted by molar-refractivity contribution is 1.48. The molecule has 0 aliphatic heterocycles. The van der Waals surface area contributed by atoms with Crippen LogP contribution in [-0.2, 0) is 0 Å². The van der Waals surface area contributed by atoms with E-state index in [1.807, 2.05) is 32.1 Å². The van der Waals surface area contributed by atoms with Crippen LogP contribution in [0, 0.1) is 0 Å². The third kappa shape index (κ3) is 4.45. The van der Waals surface area contributed by atoms with Crippen LogP contribution in [0.2, 0.25) is 0 Å². The van der Waals surface area contributed by atoms with Crippen molar-refractivity contribution in [2.45, 2.75) is 13.8 Å². The van der Waals surface area contributed by atoms with Gasteiger partial charge < -0.3 is 0 Å². The highest BCUT2D eigenvalue weighted by Crippen LogP contribution is 2.03. The maximum atomic E-state index is 3.92. The van der Waals surface area contributed by atoms with Gasteiger partial charge in [0.2, 0.25) is 0 Å². The van der Waals surface area contributed by atoms with Crippen molar-refractivity contribution in [3.63, 3.8) is 0 Å². The van der Waals surface area contributed by atoms with E-state index in [0.717, 1.165) is 11.1 Å². The van der Waals surface area contributed by atoms with Crippen LogP contribution >= 0.6 is 0 Å². The van der Waals surface area contributed by atoms with Gasteiger partial charge in [0.25, 0.3) is 0 Å². The Morgan fingerprint density at radius 1 is 1.42 bits per heavy atom. The summed E-state index contributed by atoms with van der Waals surface area (Å²) in [5.41, 5.74) is 2.02. The van der Waals surface area contributed by atoms with Crippen molar-refractivity contribution < 1.29 is 0 Å². The molecule has 64 valence electrons. The minimum Gasteiger partial charge on any atom is -0.265 e. The molecule has 1 nitrogen and oxygen atoms in total. The van der Waals surface area contributed by atoms with Crippen LogP contribution in [0.15, 0.2) is 53.7 Å². The second kappa shape index (κ2) is 6.35. The molecule has 0 aliphatic rings. The van der Waals surface area contributed by atoms with Crippen molar-refractivity contribution in [3.05, 3.63) is 48.7 Å². The maximum absolute atomic E-state index is 3.92. The Morgan fingerprint density at radius 2 is 2.08 bits per heavy atom. The Morgan fingerprint density at radius 3 is 2.50 bits per heavy atom. The van der Waals surface area contributed by atoms with E-state index in [2.05, 4.69) is 18.2 Å². The Balaban J connectivity index is 4.54. The molecule has 0 heterocycles. The molecule has 0 aromatic carbocycles. The third-order valence-corrected chi connectivity index (χ3v) is 1.28. The molecular formula is C11H15N. The van der Waals surface area contributed by atoms with Crippen LogP contribution in [0.1, 0.15) is 13.8 Å². The van der Waals surface area contributed by atoms with Gasteiger partial charge in [-0.05, 0) is 25.0 Å². The number of nitrogens with zero attached hydrogens (tertiary/aromatic N) is 1. The standard InChI is InChI=1S/C11H15N/c1-5-7-8-11(10(3)4)9-12-6-2/h5-9H,2-3H2,1,4H3/b7-5-,11-8-,12-9?. The predicted molar refractivity (Wildman–Crippen MR) is 56.4 cm³/mol. The third-order valence-electron chi connectivity index (χ3n) is 1.28. The molecule has 0 N–H and O–H groups in total. The molecule has 0 unspecified atom stereocenters. The number of rotatable bonds is 4. The van der Waals surface area contributed by atoms with Crippen LogP contribution in [0.5, 0.6) is 0 Å². The highest BCUT2D eigenvalue weighted by molar-refractivity contribution is 5.84. The van der Waals surface area contributed by atoms with Crippen LogP contribution in [0.4, 0.5) is 0 Å². The van der Waals surface area contributed by atoms with E-state index in [1.54, 1.807) is 6.21 Å². The average Bonchev–Trinajstić information content (AvgIpc) is 2.04. The molecular weight excluding hydrogens is 146 g/mol. The molecule has 0 bridgehead atoms. The quantitative estimate of drug-likeness (QED) is 0.443. The molecule has 0 aromatic heterocycles. The van der Waals surface area contributed by atoms with Crippen LogP contribution in [0.3, 0.4) is 0 Å². The van der Waals surface area contributed by atoms with Gasteiger partial charge in [0.1, 0.15) is 0 Å². The summed E-state index contributed by atoms with van der Waals surface area (Å²) in [5, 5.41) is 0. The predicted octanol–water partition coefficient (Wildman–Crippen LogP) is 3.28. The summed E-state index contributed by atoms with van der Waals surface area (Å²) in [7, 11) is 0. The SMILES string of the molecule is C=CN=C/C(=C/C=C\C)C(=C)C. The minimum atomic E-state index is 0.999. The van der Waals surface area contributed by atoms with Gasteiger partial charge in [0.15, 0.2) is 0 Å². The molecule has 0 saturated carbocycles. The lowest BCUT2D eigenvalue weighted by atomic mass is 10.1. The molecule has 1 heteroatoms. The van der Waals surface area contributed by atoms with Crippen molar-refractivity contribution >= 4 is 6.21 Å². The van der Waals surface area contributed by atoms with Crippen LogP contribution in [0.25, 0.3) is 0 Å². The first-order chi connectivity index (χ1) is 5.72. The van der Waals surface area contributed by atoms with E-state index >= 15 is 0 Å². The molecule has 0 fully saturated rings. The normalized spacial score (nSPS) is 12.7. The van der Waals surface area contributed by atoms with E-state index in [4.69, 9.17) is 0 Å². The molecule has 0 amide bonds. The summed E-state index contributed by atoms with van der Waals surface area (Å²) in [4.78, 5) is 3.92. The first kappa shape index (κ1) is 10.6. The van der Waals surface area contributed by atoms with Gasteiger partial charge >= 0.3 is 0 Å². The highest BCUT2D eigenvalue weighted by atomic mass is 14.7. The van der Waals surface area contributed by atoms with Gasteiger partial charge in [-0.25, -0.2) is 0 Å². The smallest absolute Gasteiger partial charge is 0.0342 e. The van der Waals surface area contributed by atoms with Crippen molar-refractivity contribution in [1.29, 1.82) is 0 Å². The summed E-state index contributed by atoms with van der Waals surface area (Å²) < 4.78 is 0. The molecule has 0 spiro atoms. The largest absolute Gasteiger partial charge is 0.265 e.